The Bertz CT molecular complexity index is 381. The number of aliphatic carboxylic acids is 1. The summed E-state index contributed by atoms with van der Waals surface area (Å²) in [6.45, 7) is 2.11. The van der Waals surface area contributed by atoms with E-state index in [4.69, 9.17) is 9.84 Å². The second-order valence-electron chi connectivity index (χ2n) is 5.11. The molecule has 114 valence electrons. The molecule has 1 aromatic rings. The van der Waals surface area contributed by atoms with Gasteiger partial charge in [-0.3, -0.25) is 4.79 Å². The molecule has 0 amide bonds. The van der Waals surface area contributed by atoms with Crippen molar-refractivity contribution < 1.29 is 14.6 Å². The lowest BCUT2D eigenvalue weighted by molar-refractivity contribution is -0.137. The smallest absolute Gasteiger partial charge is 0.303 e. The second-order valence-corrected chi connectivity index (χ2v) is 5.11. The average Bonchev–Trinajstić information content (AvgIpc) is 2.43. The first-order valence-corrected chi connectivity index (χ1v) is 6.91. The summed E-state index contributed by atoms with van der Waals surface area (Å²) < 4.78 is 5.67. The molecular weight excluding hydrogens is 254 g/mol. The molecular formula is C16H27NO3. The summed E-state index contributed by atoms with van der Waals surface area (Å²) >= 11 is 0. The van der Waals surface area contributed by atoms with Gasteiger partial charge >= 0.3 is 5.97 Å². The summed E-state index contributed by atoms with van der Waals surface area (Å²) in [6.07, 6.45) is 5.09. The molecule has 1 unspecified atom stereocenters. The number of carboxylic acid groups (broad SMARTS) is 1. The van der Waals surface area contributed by atoms with Gasteiger partial charge in [0, 0.05) is 13.5 Å². The average molecular weight is 281 g/mol. The number of rotatable bonds is 9. The van der Waals surface area contributed by atoms with E-state index >= 15 is 0 Å². The van der Waals surface area contributed by atoms with Gasteiger partial charge in [0.25, 0.3) is 0 Å². The quantitative estimate of drug-likeness (QED) is 0.667. The molecule has 0 bridgehead atoms. The summed E-state index contributed by atoms with van der Waals surface area (Å²) in [7, 11) is 1.75. The van der Waals surface area contributed by atoms with Gasteiger partial charge < -0.3 is 16.0 Å². The van der Waals surface area contributed by atoms with Crippen molar-refractivity contribution in [3.8, 4) is 0 Å². The number of hydrogen-bond donors (Lipinski definition) is 2. The SMILES string of the molecule is COC(C)(CCCCCCC(=O)O)c1ccccc1.N. The van der Waals surface area contributed by atoms with Crippen LogP contribution in [0.15, 0.2) is 30.3 Å². The van der Waals surface area contributed by atoms with Crippen molar-refractivity contribution in [1.82, 2.24) is 6.15 Å². The monoisotopic (exact) mass is 281 g/mol. The zero-order valence-corrected chi connectivity index (χ0v) is 12.6. The fourth-order valence-electron chi connectivity index (χ4n) is 2.25. The van der Waals surface area contributed by atoms with Crippen LogP contribution in [0.5, 0.6) is 0 Å². The summed E-state index contributed by atoms with van der Waals surface area (Å²) in [5.41, 5.74) is 0.955. The van der Waals surface area contributed by atoms with Gasteiger partial charge in [0.2, 0.25) is 0 Å². The van der Waals surface area contributed by atoms with Crippen molar-refractivity contribution in [2.24, 2.45) is 0 Å². The second kappa shape index (κ2) is 9.50. The molecule has 0 saturated heterocycles. The van der Waals surface area contributed by atoms with Gasteiger partial charge in [-0.1, -0.05) is 49.6 Å². The van der Waals surface area contributed by atoms with E-state index in [1.165, 1.54) is 5.56 Å². The van der Waals surface area contributed by atoms with Crippen LogP contribution >= 0.6 is 0 Å². The maximum absolute atomic E-state index is 10.4. The largest absolute Gasteiger partial charge is 0.481 e. The van der Waals surface area contributed by atoms with Crippen LogP contribution in [0.4, 0.5) is 0 Å². The fourth-order valence-corrected chi connectivity index (χ4v) is 2.25. The Morgan fingerprint density at radius 2 is 1.75 bits per heavy atom. The van der Waals surface area contributed by atoms with Crippen molar-refractivity contribution >= 4 is 5.97 Å². The molecule has 4 nitrogen and oxygen atoms in total. The predicted octanol–water partition coefficient (Wildman–Crippen LogP) is 4.14. The van der Waals surface area contributed by atoms with Crippen LogP contribution in [0, 0.1) is 0 Å². The van der Waals surface area contributed by atoms with Gasteiger partial charge in [-0.25, -0.2) is 0 Å². The third-order valence-electron chi connectivity index (χ3n) is 3.63. The Kier molecular flexibility index (Phi) is 8.84. The number of unbranched alkanes of at least 4 members (excludes halogenated alkanes) is 3. The molecule has 0 radical (unpaired) electrons. The first-order valence-electron chi connectivity index (χ1n) is 6.91. The molecule has 0 aliphatic rings. The van der Waals surface area contributed by atoms with Crippen molar-refractivity contribution in [2.75, 3.05) is 7.11 Å². The van der Waals surface area contributed by atoms with Crippen molar-refractivity contribution in [3.63, 3.8) is 0 Å². The Labute approximate surface area is 121 Å². The molecule has 1 atom stereocenters. The van der Waals surface area contributed by atoms with Crippen molar-refractivity contribution in [2.45, 2.75) is 51.0 Å². The minimum Gasteiger partial charge on any atom is -0.481 e. The molecule has 20 heavy (non-hydrogen) atoms. The lowest BCUT2D eigenvalue weighted by Gasteiger charge is -2.28. The molecule has 0 aliphatic carbocycles. The lowest BCUT2D eigenvalue weighted by Crippen LogP contribution is -2.24. The third kappa shape index (κ3) is 6.17. The number of ether oxygens (including phenoxy) is 1. The summed E-state index contributed by atoms with van der Waals surface area (Å²) in [5.74, 6) is -0.703. The third-order valence-corrected chi connectivity index (χ3v) is 3.63. The van der Waals surface area contributed by atoms with Crippen LogP contribution in [-0.4, -0.2) is 18.2 Å². The Hall–Kier alpha value is -1.39. The number of carbonyl (C=O) groups is 1. The van der Waals surface area contributed by atoms with Gasteiger partial charge in [0.1, 0.15) is 0 Å². The maximum atomic E-state index is 10.4. The molecule has 1 aromatic carbocycles. The molecule has 0 aromatic heterocycles. The normalized spacial score (nSPS) is 13.3. The van der Waals surface area contributed by atoms with Crippen LogP contribution in [0.1, 0.15) is 51.0 Å². The van der Waals surface area contributed by atoms with Gasteiger partial charge in [-0.15, -0.1) is 0 Å². The van der Waals surface area contributed by atoms with E-state index in [1.54, 1.807) is 7.11 Å². The molecule has 0 saturated carbocycles. The Balaban J connectivity index is 0.00000361. The first-order chi connectivity index (χ1) is 9.08. The van der Waals surface area contributed by atoms with Gasteiger partial charge in [-0.2, -0.15) is 0 Å². The van der Waals surface area contributed by atoms with E-state index in [1.807, 2.05) is 18.2 Å². The molecule has 0 spiro atoms. The van der Waals surface area contributed by atoms with Crippen molar-refractivity contribution in [3.05, 3.63) is 35.9 Å². The number of hydrogen-bond acceptors (Lipinski definition) is 3. The zero-order valence-electron chi connectivity index (χ0n) is 12.6. The van der Waals surface area contributed by atoms with Gasteiger partial charge in [0.05, 0.1) is 5.60 Å². The zero-order chi connectivity index (χ0) is 14.1. The number of methoxy groups -OCH3 is 1. The van der Waals surface area contributed by atoms with E-state index in [2.05, 4.69) is 19.1 Å². The molecule has 4 N–H and O–H groups in total. The highest BCUT2D eigenvalue weighted by molar-refractivity contribution is 5.66. The van der Waals surface area contributed by atoms with E-state index < -0.39 is 5.97 Å². The van der Waals surface area contributed by atoms with Crippen LogP contribution in [0.25, 0.3) is 0 Å². The Morgan fingerprint density at radius 3 is 2.30 bits per heavy atom. The lowest BCUT2D eigenvalue weighted by atomic mass is 9.90. The molecule has 1 rings (SSSR count). The number of benzene rings is 1. The van der Waals surface area contributed by atoms with E-state index in [0.29, 0.717) is 0 Å². The summed E-state index contributed by atoms with van der Waals surface area (Å²) in [4.78, 5) is 10.4. The fraction of sp³-hybridized carbons (Fsp3) is 0.562. The highest BCUT2D eigenvalue weighted by Crippen LogP contribution is 2.30. The van der Waals surface area contributed by atoms with E-state index in [-0.39, 0.29) is 18.2 Å². The highest BCUT2D eigenvalue weighted by atomic mass is 16.5. The van der Waals surface area contributed by atoms with Crippen molar-refractivity contribution in [1.29, 1.82) is 0 Å². The molecule has 0 aliphatic heterocycles. The van der Waals surface area contributed by atoms with Crippen LogP contribution < -0.4 is 6.15 Å². The topological polar surface area (TPSA) is 81.5 Å². The van der Waals surface area contributed by atoms with Crippen LogP contribution in [-0.2, 0) is 15.1 Å². The highest BCUT2D eigenvalue weighted by Gasteiger charge is 2.24. The number of carboxylic acids is 1. The predicted molar refractivity (Wildman–Crippen MR) is 81.2 cm³/mol. The van der Waals surface area contributed by atoms with Gasteiger partial charge in [-0.05, 0) is 25.3 Å². The molecule has 0 fully saturated rings. The minimum atomic E-state index is -0.703. The molecule has 0 heterocycles. The van der Waals surface area contributed by atoms with Gasteiger partial charge in [0.15, 0.2) is 0 Å². The summed E-state index contributed by atoms with van der Waals surface area (Å²) in [6, 6.07) is 10.2. The minimum absolute atomic E-state index is 0. The summed E-state index contributed by atoms with van der Waals surface area (Å²) in [5, 5.41) is 8.57. The first kappa shape index (κ1) is 18.6. The van der Waals surface area contributed by atoms with Crippen LogP contribution in [0.3, 0.4) is 0 Å². The van der Waals surface area contributed by atoms with Crippen LogP contribution in [0.2, 0.25) is 0 Å². The van der Waals surface area contributed by atoms with E-state index in [9.17, 15) is 4.79 Å². The maximum Gasteiger partial charge on any atom is 0.303 e. The Morgan fingerprint density at radius 1 is 1.15 bits per heavy atom. The van der Waals surface area contributed by atoms with E-state index in [0.717, 1.165) is 32.1 Å². The molecule has 4 heteroatoms. The standard InChI is InChI=1S/C16H24O3.H3N/c1-16(19-2,14-10-6-5-7-11-14)13-9-4-3-8-12-15(17)18;/h5-7,10-11H,3-4,8-9,12-13H2,1-2H3,(H,17,18);1H3.